The minimum absolute atomic E-state index is 0.788. The van der Waals surface area contributed by atoms with E-state index in [0.717, 1.165) is 22.8 Å². The molecule has 3 aromatic rings. The molecular formula is C21H21NO2. The van der Waals surface area contributed by atoms with E-state index in [1.807, 2.05) is 50.5 Å². The Morgan fingerprint density at radius 2 is 1.33 bits per heavy atom. The molecule has 0 aliphatic carbocycles. The van der Waals surface area contributed by atoms with Crippen LogP contribution in [0.1, 0.15) is 0 Å². The van der Waals surface area contributed by atoms with Crippen LogP contribution in [0.25, 0.3) is 11.1 Å². The van der Waals surface area contributed by atoms with Crippen LogP contribution < -0.4 is 14.4 Å². The van der Waals surface area contributed by atoms with Gasteiger partial charge in [-0.1, -0.05) is 24.3 Å². The van der Waals surface area contributed by atoms with E-state index in [1.54, 1.807) is 7.11 Å². The minimum atomic E-state index is 0.788. The molecule has 3 rings (SSSR count). The molecule has 0 radical (unpaired) electrons. The van der Waals surface area contributed by atoms with Gasteiger partial charge in [0.05, 0.1) is 7.11 Å². The molecule has 3 heteroatoms. The maximum Gasteiger partial charge on any atom is 0.128 e. The normalized spacial score (nSPS) is 10.3. The molecule has 0 aromatic heterocycles. The van der Waals surface area contributed by atoms with E-state index in [4.69, 9.17) is 9.47 Å². The van der Waals surface area contributed by atoms with Crippen molar-refractivity contribution in [2.45, 2.75) is 0 Å². The van der Waals surface area contributed by atoms with Gasteiger partial charge in [-0.3, -0.25) is 0 Å². The fourth-order valence-corrected chi connectivity index (χ4v) is 2.47. The standard InChI is InChI=1S/C21H21NO2/c1-22(2)18-9-7-16(8-10-18)17-5-4-6-21(15-17)24-20-13-11-19(23-3)12-14-20/h4-15H,1-3H3. The average Bonchev–Trinajstić information content (AvgIpc) is 2.63. The lowest BCUT2D eigenvalue weighted by Crippen LogP contribution is -2.07. The van der Waals surface area contributed by atoms with Crippen LogP contribution in [0.3, 0.4) is 0 Å². The molecule has 0 N–H and O–H groups in total. The third-order valence-corrected chi connectivity index (χ3v) is 3.85. The van der Waals surface area contributed by atoms with Gasteiger partial charge in [-0.15, -0.1) is 0 Å². The number of hydrogen-bond donors (Lipinski definition) is 0. The van der Waals surface area contributed by atoms with E-state index in [1.165, 1.54) is 11.3 Å². The van der Waals surface area contributed by atoms with Crippen LogP contribution in [-0.2, 0) is 0 Å². The van der Waals surface area contributed by atoms with Gasteiger partial charge < -0.3 is 14.4 Å². The largest absolute Gasteiger partial charge is 0.497 e. The second-order valence-electron chi connectivity index (χ2n) is 5.75. The van der Waals surface area contributed by atoms with Crippen LogP contribution in [0.2, 0.25) is 0 Å². The summed E-state index contributed by atoms with van der Waals surface area (Å²) in [7, 11) is 5.73. The minimum Gasteiger partial charge on any atom is -0.497 e. The Morgan fingerprint density at radius 3 is 1.96 bits per heavy atom. The Morgan fingerprint density at radius 1 is 0.667 bits per heavy atom. The average molecular weight is 319 g/mol. The van der Waals surface area contributed by atoms with Crippen molar-refractivity contribution in [1.29, 1.82) is 0 Å². The molecule has 0 atom stereocenters. The smallest absolute Gasteiger partial charge is 0.128 e. The molecular weight excluding hydrogens is 298 g/mol. The zero-order valence-electron chi connectivity index (χ0n) is 14.2. The predicted molar refractivity (Wildman–Crippen MR) is 99.3 cm³/mol. The number of methoxy groups -OCH3 is 1. The number of hydrogen-bond acceptors (Lipinski definition) is 3. The van der Waals surface area contributed by atoms with E-state index >= 15 is 0 Å². The van der Waals surface area contributed by atoms with Gasteiger partial charge in [-0.2, -0.15) is 0 Å². The summed E-state index contributed by atoms with van der Waals surface area (Å²) < 4.78 is 11.1. The Bertz CT molecular complexity index is 793. The molecule has 0 saturated carbocycles. The van der Waals surface area contributed by atoms with Gasteiger partial charge in [0, 0.05) is 19.8 Å². The Balaban J connectivity index is 1.80. The number of nitrogens with zero attached hydrogens (tertiary/aromatic N) is 1. The summed E-state index contributed by atoms with van der Waals surface area (Å²) in [5.41, 5.74) is 3.48. The number of rotatable bonds is 5. The summed E-state index contributed by atoms with van der Waals surface area (Å²) in [6, 6.07) is 24.2. The molecule has 0 fully saturated rings. The molecule has 3 nitrogen and oxygen atoms in total. The highest BCUT2D eigenvalue weighted by Crippen LogP contribution is 2.29. The third-order valence-electron chi connectivity index (χ3n) is 3.85. The lowest BCUT2D eigenvalue weighted by molar-refractivity contribution is 0.413. The van der Waals surface area contributed by atoms with Gasteiger partial charge in [0.25, 0.3) is 0 Å². The van der Waals surface area contributed by atoms with Crippen molar-refractivity contribution in [2.24, 2.45) is 0 Å². The van der Waals surface area contributed by atoms with Gasteiger partial charge in [-0.05, 0) is 59.7 Å². The lowest BCUT2D eigenvalue weighted by atomic mass is 10.1. The van der Waals surface area contributed by atoms with Crippen molar-refractivity contribution in [3.05, 3.63) is 72.8 Å². The van der Waals surface area contributed by atoms with Crippen LogP contribution in [0.5, 0.6) is 17.2 Å². The van der Waals surface area contributed by atoms with E-state index in [-0.39, 0.29) is 0 Å². The molecule has 0 bridgehead atoms. The first-order valence-electron chi connectivity index (χ1n) is 7.85. The summed E-state index contributed by atoms with van der Waals surface area (Å²) in [6.45, 7) is 0. The van der Waals surface area contributed by atoms with Gasteiger partial charge in [0.15, 0.2) is 0 Å². The Hall–Kier alpha value is -2.94. The van der Waals surface area contributed by atoms with Crippen molar-refractivity contribution in [3.8, 4) is 28.4 Å². The first-order valence-corrected chi connectivity index (χ1v) is 7.85. The lowest BCUT2D eigenvalue weighted by Gasteiger charge is -2.13. The van der Waals surface area contributed by atoms with Crippen LogP contribution in [0.15, 0.2) is 72.8 Å². The van der Waals surface area contributed by atoms with Gasteiger partial charge in [0.1, 0.15) is 17.2 Å². The number of ether oxygens (including phenoxy) is 2. The number of benzene rings is 3. The summed E-state index contributed by atoms with van der Waals surface area (Å²) >= 11 is 0. The zero-order valence-corrected chi connectivity index (χ0v) is 14.2. The fraction of sp³-hybridized carbons (Fsp3) is 0.143. The Kier molecular flexibility index (Phi) is 4.71. The molecule has 24 heavy (non-hydrogen) atoms. The van der Waals surface area contributed by atoms with Crippen LogP contribution in [0.4, 0.5) is 5.69 Å². The number of anilines is 1. The highest BCUT2D eigenvalue weighted by Gasteiger charge is 2.03. The molecule has 3 aromatic carbocycles. The molecule has 0 saturated heterocycles. The van der Waals surface area contributed by atoms with Crippen molar-refractivity contribution < 1.29 is 9.47 Å². The van der Waals surface area contributed by atoms with E-state index < -0.39 is 0 Å². The van der Waals surface area contributed by atoms with E-state index in [2.05, 4.69) is 41.3 Å². The third kappa shape index (κ3) is 3.69. The first-order chi connectivity index (χ1) is 11.7. The van der Waals surface area contributed by atoms with Crippen LogP contribution >= 0.6 is 0 Å². The maximum atomic E-state index is 5.94. The van der Waals surface area contributed by atoms with E-state index in [0.29, 0.717) is 0 Å². The second kappa shape index (κ2) is 7.09. The summed E-state index contributed by atoms with van der Waals surface area (Å²) in [6.07, 6.45) is 0. The summed E-state index contributed by atoms with van der Waals surface area (Å²) in [5.74, 6) is 2.42. The molecule has 122 valence electrons. The highest BCUT2D eigenvalue weighted by molar-refractivity contribution is 5.67. The van der Waals surface area contributed by atoms with Gasteiger partial charge >= 0.3 is 0 Å². The predicted octanol–water partition coefficient (Wildman–Crippen LogP) is 5.22. The quantitative estimate of drug-likeness (QED) is 0.643. The molecule has 0 aliphatic heterocycles. The summed E-state index contributed by atoms with van der Waals surface area (Å²) in [4.78, 5) is 2.09. The molecule has 0 spiro atoms. The maximum absolute atomic E-state index is 5.94. The van der Waals surface area contributed by atoms with Crippen molar-refractivity contribution in [1.82, 2.24) is 0 Å². The van der Waals surface area contributed by atoms with Crippen molar-refractivity contribution in [2.75, 3.05) is 26.1 Å². The monoisotopic (exact) mass is 319 g/mol. The second-order valence-corrected chi connectivity index (χ2v) is 5.75. The summed E-state index contributed by atoms with van der Waals surface area (Å²) in [5, 5.41) is 0. The van der Waals surface area contributed by atoms with Gasteiger partial charge in [-0.25, -0.2) is 0 Å². The molecule has 0 aliphatic rings. The first kappa shape index (κ1) is 15.9. The molecule has 0 heterocycles. The zero-order chi connectivity index (χ0) is 16.9. The van der Waals surface area contributed by atoms with Crippen molar-refractivity contribution in [3.63, 3.8) is 0 Å². The van der Waals surface area contributed by atoms with Crippen molar-refractivity contribution >= 4 is 5.69 Å². The Labute approximate surface area is 143 Å². The fourth-order valence-electron chi connectivity index (χ4n) is 2.47. The highest BCUT2D eigenvalue weighted by atomic mass is 16.5. The molecule has 0 amide bonds. The van der Waals surface area contributed by atoms with Gasteiger partial charge in [0.2, 0.25) is 0 Å². The SMILES string of the molecule is COc1ccc(Oc2cccc(-c3ccc(N(C)C)cc3)c2)cc1. The topological polar surface area (TPSA) is 21.7 Å². The molecule has 0 unspecified atom stereocenters. The van der Waals surface area contributed by atoms with E-state index in [9.17, 15) is 0 Å². The van der Waals surface area contributed by atoms with Crippen LogP contribution in [0, 0.1) is 0 Å². The van der Waals surface area contributed by atoms with Crippen LogP contribution in [-0.4, -0.2) is 21.2 Å².